The van der Waals surface area contributed by atoms with Crippen LogP contribution in [0.4, 0.5) is 26.3 Å². The van der Waals surface area contributed by atoms with Gasteiger partial charge in [-0.3, -0.25) is 9.59 Å². The van der Waals surface area contributed by atoms with Crippen LogP contribution in [0.2, 0.25) is 0 Å². The van der Waals surface area contributed by atoms with Crippen molar-refractivity contribution in [1.29, 1.82) is 0 Å². The van der Waals surface area contributed by atoms with Crippen molar-refractivity contribution in [2.75, 3.05) is 5.75 Å². The normalized spacial score (nSPS) is 23.1. The molecule has 0 saturated heterocycles. The predicted molar refractivity (Wildman–Crippen MR) is 111 cm³/mol. The standard InChI is InChI=1S/C19H18F6INO6S/c20-18(21,22)17(19(23,24)25,8-34(30,31)32)27-15(28)11-3-4-13(26)14(7-11)33-16(29)12-6-9-1-2-10(12)5-9/h3-4,7,9-10,12H,1-2,5-6,8H2,(H,27,28)(H,30,31,32)/p-1. The number of hydrogen-bond donors (Lipinski definition) is 1. The van der Waals surface area contributed by atoms with Gasteiger partial charge in [0.1, 0.15) is 5.75 Å². The zero-order valence-corrected chi connectivity index (χ0v) is 20.0. The number of rotatable bonds is 6. The maximum atomic E-state index is 13.4. The van der Waals surface area contributed by atoms with Crippen molar-refractivity contribution in [3.63, 3.8) is 0 Å². The summed E-state index contributed by atoms with van der Waals surface area (Å²) in [5, 5.41) is 0.649. The third kappa shape index (κ3) is 5.45. The molecule has 3 atom stereocenters. The van der Waals surface area contributed by atoms with Crippen LogP contribution < -0.4 is 10.1 Å². The minimum absolute atomic E-state index is 0.134. The molecule has 3 rings (SSSR count). The van der Waals surface area contributed by atoms with Gasteiger partial charge in [0.2, 0.25) is 5.54 Å². The van der Waals surface area contributed by atoms with Gasteiger partial charge in [-0.05, 0) is 71.9 Å². The van der Waals surface area contributed by atoms with Crippen molar-refractivity contribution < 1.29 is 53.6 Å². The minimum atomic E-state index is -6.38. The first-order valence-corrected chi connectivity index (χ1v) is 12.5. The average Bonchev–Trinajstić information content (AvgIpc) is 3.29. The Morgan fingerprint density at radius 2 is 1.71 bits per heavy atom. The Morgan fingerprint density at radius 3 is 2.18 bits per heavy atom. The lowest BCUT2D eigenvalue weighted by Crippen LogP contribution is -2.70. The van der Waals surface area contributed by atoms with E-state index in [1.54, 1.807) is 22.6 Å². The second kappa shape index (κ2) is 9.11. The van der Waals surface area contributed by atoms with E-state index in [1.807, 2.05) is 0 Å². The van der Waals surface area contributed by atoms with E-state index >= 15 is 0 Å². The van der Waals surface area contributed by atoms with E-state index in [1.165, 1.54) is 0 Å². The Kier molecular flexibility index (Phi) is 7.23. The summed E-state index contributed by atoms with van der Waals surface area (Å²) in [6.45, 7) is 0. The number of ether oxygens (including phenoxy) is 1. The van der Waals surface area contributed by atoms with E-state index in [2.05, 4.69) is 0 Å². The molecule has 190 valence electrons. The van der Waals surface area contributed by atoms with Crippen molar-refractivity contribution in [1.82, 2.24) is 5.32 Å². The smallest absolute Gasteiger partial charge is 0.421 e. The quantitative estimate of drug-likeness (QED) is 0.169. The van der Waals surface area contributed by atoms with E-state index in [0.29, 0.717) is 17.7 Å². The van der Waals surface area contributed by atoms with E-state index in [9.17, 15) is 48.9 Å². The molecule has 3 unspecified atom stereocenters. The Labute approximate surface area is 203 Å². The topological polar surface area (TPSA) is 113 Å². The van der Waals surface area contributed by atoms with Gasteiger partial charge >= 0.3 is 18.3 Å². The molecule has 34 heavy (non-hydrogen) atoms. The van der Waals surface area contributed by atoms with Crippen LogP contribution in [0.25, 0.3) is 0 Å². The Balaban J connectivity index is 1.88. The molecule has 2 aliphatic carbocycles. The van der Waals surface area contributed by atoms with Crippen molar-refractivity contribution >= 4 is 44.6 Å². The van der Waals surface area contributed by atoms with Gasteiger partial charge in [-0.25, -0.2) is 8.42 Å². The van der Waals surface area contributed by atoms with Gasteiger partial charge in [0, 0.05) is 5.56 Å². The van der Waals surface area contributed by atoms with Gasteiger partial charge in [0.15, 0.2) is 0 Å². The van der Waals surface area contributed by atoms with Gasteiger partial charge in [-0.1, -0.05) is 6.42 Å². The number of benzene rings is 1. The number of nitrogens with one attached hydrogen (secondary N) is 1. The molecule has 1 N–H and O–H groups in total. The number of halogens is 7. The zero-order chi connectivity index (χ0) is 25.7. The van der Waals surface area contributed by atoms with Crippen LogP contribution in [-0.4, -0.2) is 48.5 Å². The monoisotopic (exact) mass is 628 g/mol. The molecule has 0 aliphatic heterocycles. The summed E-state index contributed by atoms with van der Waals surface area (Å²) in [5.41, 5.74) is -6.11. The highest BCUT2D eigenvalue weighted by atomic mass is 127. The number of carbonyl (C=O) groups excluding carboxylic acids is 2. The van der Waals surface area contributed by atoms with Crippen molar-refractivity contribution in [2.24, 2.45) is 17.8 Å². The summed E-state index contributed by atoms with van der Waals surface area (Å²) in [4.78, 5) is 25.0. The third-order valence-electron chi connectivity index (χ3n) is 6.13. The maximum absolute atomic E-state index is 13.4. The van der Waals surface area contributed by atoms with Crippen LogP contribution in [0, 0.1) is 21.3 Å². The first-order valence-electron chi connectivity index (χ1n) is 9.84. The van der Waals surface area contributed by atoms with E-state index < -0.39 is 57.1 Å². The van der Waals surface area contributed by atoms with Crippen LogP contribution >= 0.6 is 22.6 Å². The fourth-order valence-electron chi connectivity index (χ4n) is 4.47. The molecule has 0 heterocycles. The third-order valence-corrected chi connectivity index (χ3v) is 7.81. The lowest BCUT2D eigenvalue weighted by Gasteiger charge is -2.38. The molecule has 2 bridgehead atoms. The van der Waals surface area contributed by atoms with Crippen LogP contribution in [0.1, 0.15) is 36.0 Å². The van der Waals surface area contributed by atoms with Gasteiger partial charge in [0.05, 0.1) is 25.4 Å². The summed E-state index contributed by atoms with van der Waals surface area (Å²) < 4.78 is 119. The summed E-state index contributed by atoms with van der Waals surface area (Å²) in [6.07, 6.45) is -9.41. The van der Waals surface area contributed by atoms with Crippen LogP contribution in [0.5, 0.6) is 5.75 Å². The van der Waals surface area contributed by atoms with E-state index in [4.69, 9.17) is 4.74 Å². The Bertz CT molecular complexity index is 1080. The number of fused-ring (bicyclic) bond motifs is 2. The molecule has 0 radical (unpaired) electrons. The fraction of sp³-hybridized carbons (Fsp3) is 0.579. The summed E-state index contributed by atoms with van der Waals surface area (Å²) in [7, 11) is -6.10. The van der Waals surface area contributed by atoms with Gasteiger partial charge in [-0.2, -0.15) is 26.3 Å². The summed E-state index contributed by atoms with van der Waals surface area (Å²) >= 11 is 1.70. The maximum Gasteiger partial charge on any atom is 0.421 e. The molecule has 2 aliphatic rings. The molecule has 1 amide bonds. The zero-order valence-electron chi connectivity index (χ0n) is 17.0. The molecule has 1 aromatic rings. The fourth-order valence-corrected chi connectivity index (χ4v) is 5.85. The molecular weight excluding hydrogens is 611 g/mol. The second-order valence-electron chi connectivity index (χ2n) is 8.40. The molecule has 1 aromatic carbocycles. The first-order chi connectivity index (χ1) is 15.4. The number of hydrogen-bond acceptors (Lipinski definition) is 6. The van der Waals surface area contributed by atoms with Crippen molar-refractivity contribution in [3.8, 4) is 5.75 Å². The number of alkyl halides is 6. The first kappa shape index (κ1) is 27.0. The molecule has 15 heteroatoms. The highest BCUT2D eigenvalue weighted by Gasteiger charge is 2.72. The number of carbonyl (C=O) groups is 2. The van der Waals surface area contributed by atoms with Crippen LogP contribution in [0.15, 0.2) is 18.2 Å². The number of esters is 1. The lowest BCUT2D eigenvalue weighted by molar-refractivity contribution is -0.296. The molecular formula is C19H17F6INO6S-. The summed E-state index contributed by atoms with van der Waals surface area (Å²) in [6, 6.07) is 2.78. The highest BCUT2D eigenvalue weighted by molar-refractivity contribution is 14.1. The highest BCUT2D eigenvalue weighted by Crippen LogP contribution is 2.49. The van der Waals surface area contributed by atoms with Crippen molar-refractivity contribution in [3.05, 3.63) is 27.3 Å². The number of amides is 1. The molecule has 0 aromatic heterocycles. The van der Waals surface area contributed by atoms with E-state index in [-0.39, 0.29) is 15.2 Å². The van der Waals surface area contributed by atoms with Gasteiger partial charge < -0.3 is 14.6 Å². The predicted octanol–water partition coefficient (Wildman–Crippen LogP) is 3.77. The molecule has 2 saturated carbocycles. The largest absolute Gasteiger partial charge is 0.748 e. The minimum Gasteiger partial charge on any atom is -0.748 e. The van der Waals surface area contributed by atoms with Gasteiger partial charge in [0.25, 0.3) is 5.91 Å². The van der Waals surface area contributed by atoms with Crippen molar-refractivity contribution in [2.45, 2.75) is 43.6 Å². The van der Waals surface area contributed by atoms with Crippen LogP contribution in [-0.2, 0) is 14.9 Å². The SMILES string of the molecule is O=C(NC(CS(=O)(=O)[O-])(C(F)(F)F)C(F)(F)F)c1ccc(I)c(OC(=O)C2CC3CCC2C3)c1. The molecule has 0 spiro atoms. The van der Waals surface area contributed by atoms with Gasteiger partial charge in [-0.15, -0.1) is 0 Å². The van der Waals surface area contributed by atoms with E-state index in [0.717, 1.165) is 37.5 Å². The van der Waals surface area contributed by atoms with Crippen LogP contribution in [0.3, 0.4) is 0 Å². The Hall–Kier alpha value is -1.62. The molecule has 2 fully saturated rings. The summed E-state index contributed by atoms with van der Waals surface area (Å²) in [5.74, 6) is -5.68. The second-order valence-corrected chi connectivity index (χ2v) is 11.0. The lowest BCUT2D eigenvalue weighted by atomic mass is 9.89. The Morgan fingerprint density at radius 1 is 1.09 bits per heavy atom. The average molecular weight is 628 g/mol. The molecule has 7 nitrogen and oxygen atoms in total.